The fraction of sp³-hybridized carbons (Fsp3) is 0.333. The number of nitrogens with zero attached hydrogens (tertiary/aromatic N) is 2. The lowest BCUT2D eigenvalue weighted by Gasteiger charge is -2.10. The maximum Gasteiger partial charge on any atom is 0.252 e. The first-order valence-electron chi connectivity index (χ1n) is 7.89. The monoisotopic (exact) mass is 325 g/mol. The zero-order valence-corrected chi connectivity index (χ0v) is 14.1. The molecule has 1 aliphatic carbocycles. The lowest BCUT2D eigenvalue weighted by atomic mass is 10.1. The Balaban J connectivity index is 1.55. The summed E-state index contributed by atoms with van der Waals surface area (Å²) in [6.07, 6.45) is 4.35. The lowest BCUT2D eigenvalue weighted by molar-refractivity contribution is 0.0951. The Morgan fingerprint density at radius 2 is 2.26 bits per heavy atom. The van der Waals surface area contributed by atoms with Crippen molar-refractivity contribution >= 4 is 28.3 Å². The first-order valence-corrected chi connectivity index (χ1v) is 8.77. The summed E-state index contributed by atoms with van der Waals surface area (Å²) in [5, 5.41) is 5.04. The van der Waals surface area contributed by atoms with Gasteiger partial charge in [-0.05, 0) is 43.4 Å². The number of fused-ring (bicyclic) bond motifs is 1. The molecule has 1 saturated carbocycles. The zero-order chi connectivity index (χ0) is 16.0. The Labute approximate surface area is 139 Å². The van der Waals surface area contributed by atoms with Crippen molar-refractivity contribution in [1.82, 2.24) is 14.9 Å². The lowest BCUT2D eigenvalue weighted by Crippen LogP contribution is -2.23. The van der Waals surface area contributed by atoms with Crippen LogP contribution in [0.1, 0.15) is 45.1 Å². The summed E-state index contributed by atoms with van der Waals surface area (Å²) in [4.78, 5) is 18.2. The predicted molar refractivity (Wildman–Crippen MR) is 92.9 cm³/mol. The Kier molecular flexibility index (Phi) is 3.45. The molecule has 3 aromatic rings. The van der Waals surface area contributed by atoms with Gasteiger partial charge in [0.15, 0.2) is 0 Å². The molecule has 2 heterocycles. The van der Waals surface area contributed by atoms with Gasteiger partial charge in [-0.25, -0.2) is 4.98 Å². The van der Waals surface area contributed by atoms with Crippen molar-refractivity contribution < 1.29 is 4.79 Å². The molecular formula is C18H19N3OS. The van der Waals surface area contributed by atoms with Gasteiger partial charge in [0.2, 0.25) is 0 Å². The molecule has 0 atom stereocenters. The van der Waals surface area contributed by atoms with Gasteiger partial charge < -0.3 is 9.88 Å². The number of benzene rings is 1. The molecule has 0 spiro atoms. The third kappa shape index (κ3) is 2.65. The molecule has 118 valence electrons. The van der Waals surface area contributed by atoms with E-state index < -0.39 is 0 Å². The molecule has 1 fully saturated rings. The molecule has 1 aromatic carbocycles. The molecule has 0 unspecified atom stereocenters. The van der Waals surface area contributed by atoms with E-state index in [4.69, 9.17) is 0 Å². The summed E-state index contributed by atoms with van der Waals surface area (Å²) in [5.41, 5.74) is 5.15. The van der Waals surface area contributed by atoms with E-state index in [0.717, 1.165) is 22.2 Å². The second-order valence-corrected chi connectivity index (χ2v) is 7.22. The largest absolute Gasteiger partial charge is 0.348 e. The molecule has 2 aromatic heterocycles. The highest BCUT2D eigenvalue weighted by Crippen LogP contribution is 2.42. The molecule has 1 N–H and O–H groups in total. The zero-order valence-electron chi connectivity index (χ0n) is 13.3. The number of imidazole rings is 1. The average molecular weight is 325 g/mol. The normalized spacial score (nSPS) is 14.3. The van der Waals surface area contributed by atoms with Gasteiger partial charge in [-0.2, -0.15) is 0 Å². The minimum atomic E-state index is 0.00622. The van der Waals surface area contributed by atoms with Crippen LogP contribution in [0.2, 0.25) is 0 Å². The molecule has 1 aliphatic rings. The Hall–Kier alpha value is -2.14. The van der Waals surface area contributed by atoms with Crippen LogP contribution in [-0.2, 0) is 13.6 Å². The smallest absolute Gasteiger partial charge is 0.252 e. The fourth-order valence-electron chi connectivity index (χ4n) is 2.98. The van der Waals surface area contributed by atoms with Crippen LogP contribution in [0.25, 0.3) is 11.0 Å². The number of rotatable bonds is 4. The van der Waals surface area contributed by atoms with Crippen molar-refractivity contribution in [3.8, 4) is 0 Å². The van der Waals surface area contributed by atoms with Crippen molar-refractivity contribution in [2.45, 2.75) is 32.2 Å². The van der Waals surface area contributed by atoms with Gasteiger partial charge >= 0.3 is 0 Å². The van der Waals surface area contributed by atoms with Crippen LogP contribution in [0.15, 0.2) is 29.9 Å². The SMILES string of the molecule is Cc1ccc2ncn(C)c2c1CNC(=O)c1csc(C2CC2)c1. The van der Waals surface area contributed by atoms with E-state index in [-0.39, 0.29) is 5.91 Å². The number of nitrogens with one attached hydrogen (secondary N) is 1. The van der Waals surface area contributed by atoms with Crippen LogP contribution in [0, 0.1) is 6.92 Å². The fourth-order valence-corrected chi connectivity index (χ4v) is 4.04. The molecule has 4 rings (SSSR count). The van der Waals surface area contributed by atoms with Crippen LogP contribution >= 0.6 is 11.3 Å². The van der Waals surface area contributed by atoms with Crippen LogP contribution in [0.5, 0.6) is 0 Å². The standard InChI is InChI=1S/C18H19N3OS/c1-11-3-6-15-17(21(2)10-20-15)14(11)8-19-18(22)13-7-16(23-9-13)12-4-5-12/h3,6-7,9-10,12H,4-5,8H2,1-2H3,(H,19,22). The number of carbonyl (C=O) groups excluding carboxylic acids is 1. The maximum atomic E-state index is 12.4. The van der Waals surface area contributed by atoms with Crippen LogP contribution < -0.4 is 5.32 Å². The van der Waals surface area contributed by atoms with E-state index in [1.807, 2.05) is 29.4 Å². The highest BCUT2D eigenvalue weighted by atomic mass is 32.1. The minimum absolute atomic E-state index is 0.00622. The summed E-state index contributed by atoms with van der Waals surface area (Å²) in [7, 11) is 1.99. The summed E-state index contributed by atoms with van der Waals surface area (Å²) >= 11 is 1.70. The summed E-state index contributed by atoms with van der Waals surface area (Å²) in [6, 6.07) is 6.14. The Morgan fingerprint density at radius 1 is 1.43 bits per heavy atom. The van der Waals surface area contributed by atoms with E-state index in [2.05, 4.69) is 29.4 Å². The second-order valence-electron chi connectivity index (χ2n) is 6.28. The van der Waals surface area contributed by atoms with Crippen LogP contribution in [0.4, 0.5) is 0 Å². The molecule has 0 saturated heterocycles. The Morgan fingerprint density at radius 3 is 3.04 bits per heavy atom. The van der Waals surface area contributed by atoms with Crippen molar-refractivity contribution in [3.05, 3.63) is 51.5 Å². The van der Waals surface area contributed by atoms with Crippen molar-refractivity contribution in [2.75, 3.05) is 0 Å². The summed E-state index contributed by atoms with van der Waals surface area (Å²) < 4.78 is 2.01. The van der Waals surface area contributed by atoms with E-state index in [1.165, 1.54) is 23.3 Å². The van der Waals surface area contributed by atoms with E-state index in [9.17, 15) is 4.79 Å². The van der Waals surface area contributed by atoms with Crippen molar-refractivity contribution in [3.63, 3.8) is 0 Å². The molecule has 23 heavy (non-hydrogen) atoms. The summed E-state index contributed by atoms with van der Waals surface area (Å²) in [6.45, 7) is 2.60. The number of amides is 1. The van der Waals surface area contributed by atoms with Gasteiger partial charge in [-0.15, -0.1) is 11.3 Å². The van der Waals surface area contributed by atoms with Gasteiger partial charge in [0.05, 0.1) is 22.9 Å². The third-order valence-corrected chi connectivity index (χ3v) is 5.60. The number of hydrogen-bond donors (Lipinski definition) is 1. The van der Waals surface area contributed by atoms with E-state index in [0.29, 0.717) is 12.5 Å². The van der Waals surface area contributed by atoms with Gasteiger partial charge in [-0.3, -0.25) is 4.79 Å². The van der Waals surface area contributed by atoms with Gasteiger partial charge in [0.1, 0.15) is 0 Å². The molecule has 1 amide bonds. The van der Waals surface area contributed by atoms with Gasteiger partial charge in [-0.1, -0.05) is 6.07 Å². The number of hydrogen-bond acceptors (Lipinski definition) is 3. The van der Waals surface area contributed by atoms with Gasteiger partial charge in [0.25, 0.3) is 5.91 Å². The highest BCUT2D eigenvalue weighted by molar-refractivity contribution is 7.10. The number of aromatic nitrogens is 2. The number of carbonyl (C=O) groups is 1. The van der Waals surface area contributed by atoms with Crippen molar-refractivity contribution in [2.24, 2.45) is 7.05 Å². The average Bonchev–Trinajstić information content (AvgIpc) is 3.16. The van der Waals surface area contributed by atoms with E-state index in [1.54, 1.807) is 11.3 Å². The molecular weight excluding hydrogens is 306 g/mol. The van der Waals surface area contributed by atoms with Gasteiger partial charge in [0, 0.05) is 29.4 Å². The second kappa shape index (κ2) is 5.49. The Bertz CT molecular complexity index is 889. The molecule has 0 radical (unpaired) electrons. The number of aryl methyl sites for hydroxylation is 2. The van der Waals surface area contributed by atoms with Crippen LogP contribution in [0.3, 0.4) is 0 Å². The number of thiophene rings is 1. The highest BCUT2D eigenvalue weighted by Gasteiger charge is 2.25. The first kappa shape index (κ1) is 14.5. The van der Waals surface area contributed by atoms with E-state index >= 15 is 0 Å². The topological polar surface area (TPSA) is 46.9 Å². The first-order chi connectivity index (χ1) is 11.1. The predicted octanol–water partition coefficient (Wildman–Crippen LogP) is 3.75. The third-order valence-electron chi connectivity index (χ3n) is 4.51. The maximum absolute atomic E-state index is 12.4. The van der Waals surface area contributed by atoms with Crippen molar-refractivity contribution in [1.29, 1.82) is 0 Å². The molecule has 5 heteroatoms. The quantitative estimate of drug-likeness (QED) is 0.794. The van der Waals surface area contributed by atoms with Crippen LogP contribution in [-0.4, -0.2) is 15.5 Å². The molecule has 0 bridgehead atoms. The molecule has 4 nitrogen and oxygen atoms in total. The summed E-state index contributed by atoms with van der Waals surface area (Å²) in [5.74, 6) is 0.707. The molecule has 0 aliphatic heterocycles. The minimum Gasteiger partial charge on any atom is -0.348 e.